The minimum Gasteiger partial charge on any atom is -0.323 e. The molecule has 1 unspecified atom stereocenters. The smallest absolute Gasteiger partial charge is 0.0418 e. The Kier molecular flexibility index (Phi) is 3.44. The molecule has 2 N–H and O–H groups in total. The van der Waals surface area contributed by atoms with Gasteiger partial charge >= 0.3 is 0 Å². The van der Waals surface area contributed by atoms with Gasteiger partial charge in [-0.2, -0.15) is 0 Å². The predicted octanol–water partition coefficient (Wildman–Crippen LogP) is 0.670. The number of aliphatic imine (C=N–C) groups is 1. The first kappa shape index (κ1) is 7.63. The van der Waals surface area contributed by atoms with E-state index in [2.05, 4.69) is 18.8 Å². The lowest BCUT2D eigenvalue weighted by Crippen LogP contribution is -2.27. The molecule has 0 saturated heterocycles. The van der Waals surface area contributed by atoms with Crippen molar-refractivity contribution in [1.82, 2.24) is 0 Å². The molecule has 0 radical (unpaired) electrons. The van der Waals surface area contributed by atoms with Crippen molar-refractivity contribution < 1.29 is 0 Å². The molecule has 0 saturated carbocycles. The van der Waals surface area contributed by atoms with Gasteiger partial charge in [0.05, 0.1) is 0 Å². The third-order valence-corrected chi connectivity index (χ3v) is 1.09. The van der Waals surface area contributed by atoms with Gasteiger partial charge in [0.2, 0.25) is 0 Å². The molecule has 0 aliphatic rings. The number of nitrogens with zero attached hydrogens (tertiary/aromatic N) is 1. The summed E-state index contributed by atoms with van der Waals surface area (Å²) < 4.78 is 0. The molecule has 2 heteroatoms. The van der Waals surface area contributed by atoms with E-state index in [4.69, 9.17) is 5.73 Å². The van der Waals surface area contributed by atoms with Crippen molar-refractivity contribution in [1.29, 1.82) is 0 Å². The monoisotopic (exact) mass is 114 g/mol. The van der Waals surface area contributed by atoms with Crippen LogP contribution in [0.5, 0.6) is 0 Å². The highest BCUT2D eigenvalue weighted by atomic mass is 14.7. The van der Waals surface area contributed by atoms with Crippen LogP contribution in [-0.4, -0.2) is 19.3 Å². The molecule has 8 heavy (non-hydrogen) atoms. The Morgan fingerprint density at radius 3 is 2.12 bits per heavy atom. The molecule has 0 spiro atoms. The normalized spacial score (nSPS) is 15.6. The molecule has 0 rings (SSSR count). The van der Waals surface area contributed by atoms with Gasteiger partial charge in [-0.1, -0.05) is 13.8 Å². The summed E-state index contributed by atoms with van der Waals surface area (Å²) in [6, 6.07) is 0.125. The third kappa shape index (κ3) is 2.75. The van der Waals surface area contributed by atoms with Gasteiger partial charge in [-0.15, -0.1) is 0 Å². The van der Waals surface area contributed by atoms with E-state index in [0.717, 1.165) is 0 Å². The lowest BCUT2D eigenvalue weighted by Gasteiger charge is -2.07. The van der Waals surface area contributed by atoms with Crippen molar-refractivity contribution >= 4 is 6.21 Å². The molecule has 0 aromatic rings. The summed E-state index contributed by atoms with van der Waals surface area (Å²) in [5.41, 5.74) is 5.58. The Hall–Kier alpha value is -0.370. The largest absolute Gasteiger partial charge is 0.323 e. The van der Waals surface area contributed by atoms with Crippen LogP contribution in [0.1, 0.15) is 13.8 Å². The van der Waals surface area contributed by atoms with E-state index in [-0.39, 0.29) is 6.04 Å². The van der Waals surface area contributed by atoms with Crippen LogP contribution in [0.3, 0.4) is 0 Å². The molecular formula is C6H14N2. The van der Waals surface area contributed by atoms with Crippen LogP contribution in [0, 0.1) is 5.92 Å². The Labute approximate surface area is 50.8 Å². The van der Waals surface area contributed by atoms with E-state index < -0.39 is 0 Å². The summed E-state index contributed by atoms with van der Waals surface area (Å²) in [6.45, 7) is 4.15. The van der Waals surface area contributed by atoms with E-state index >= 15 is 0 Å². The number of nitrogens with two attached hydrogens (primary N) is 1. The third-order valence-electron chi connectivity index (χ3n) is 1.09. The highest BCUT2D eigenvalue weighted by molar-refractivity contribution is 5.63. The van der Waals surface area contributed by atoms with Crippen molar-refractivity contribution in [3.63, 3.8) is 0 Å². The maximum Gasteiger partial charge on any atom is 0.0418 e. The second kappa shape index (κ2) is 3.61. The lowest BCUT2D eigenvalue weighted by molar-refractivity contribution is 0.602. The van der Waals surface area contributed by atoms with Crippen LogP contribution in [0.25, 0.3) is 0 Å². The fourth-order valence-electron chi connectivity index (χ4n) is 0.344. The summed E-state index contributed by atoms with van der Waals surface area (Å²) in [4.78, 5) is 3.81. The molecule has 0 aromatic carbocycles. The fourth-order valence-corrected chi connectivity index (χ4v) is 0.344. The van der Waals surface area contributed by atoms with Crippen LogP contribution >= 0.6 is 0 Å². The number of hydrogen-bond donors (Lipinski definition) is 1. The second-order valence-electron chi connectivity index (χ2n) is 2.23. The van der Waals surface area contributed by atoms with Gasteiger partial charge in [-0.25, -0.2) is 0 Å². The van der Waals surface area contributed by atoms with Crippen molar-refractivity contribution in [3.05, 3.63) is 0 Å². The van der Waals surface area contributed by atoms with E-state index in [1.165, 1.54) is 0 Å². The average molecular weight is 114 g/mol. The molecule has 0 fully saturated rings. The molecular weight excluding hydrogens is 100 g/mol. The van der Waals surface area contributed by atoms with Gasteiger partial charge in [0.25, 0.3) is 0 Å². The Morgan fingerprint density at radius 1 is 1.50 bits per heavy atom. The molecule has 0 aliphatic heterocycles. The lowest BCUT2D eigenvalue weighted by atomic mass is 10.1. The quantitative estimate of drug-likeness (QED) is 0.526. The number of hydrogen-bond acceptors (Lipinski definition) is 2. The van der Waals surface area contributed by atoms with Crippen molar-refractivity contribution in [2.75, 3.05) is 7.05 Å². The highest BCUT2D eigenvalue weighted by Crippen LogP contribution is 1.93. The van der Waals surface area contributed by atoms with E-state index in [9.17, 15) is 0 Å². The zero-order chi connectivity index (χ0) is 6.57. The average Bonchev–Trinajstić information content (AvgIpc) is 1.67. The zero-order valence-electron chi connectivity index (χ0n) is 5.76. The fraction of sp³-hybridized carbons (Fsp3) is 0.833. The molecule has 2 nitrogen and oxygen atoms in total. The maximum absolute atomic E-state index is 5.58. The molecule has 0 amide bonds. The van der Waals surface area contributed by atoms with Crippen LogP contribution in [-0.2, 0) is 0 Å². The molecule has 1 atom stereocenters. The van der Waals surface area contributed by atoms with Gasteiger partial charge in [0.1, 0.15) is 0 Å². The van der Waals surface area contributed by atoms with Gasteiger partial charge in [0.15, 0.2) is 0 Å². The standard InChI is InChI=1S/C6H14N2/c1-5(2)6(7)4-8-3/h4-6H,7H2,1-3H3. The first-order valence-corrected chi connectivity index (χ1v) is 2.86. The van der Waals surface area contributed by atoms with Crippen molar-refractivity contribution in [2.24, 2.45) is 16.6 Å². The topological polar surface area (TPSA) is 38.4 Å². The van der Waals surface area contributed by atoms with Crippen molar-refractivity contribution in [2.45, 2.75) is 19.9 Å². The molecule has 48 valence electrons. The van der Waals surface area contributed by atoms with E-state index in [1.807, 2.05) is 0 Å². The van der Waals surface area contributed by atoms with Gasteiger partial charge in [-0.3, -0.25) is 4.99 Å². The zero-order valence-corrected chi connectivity index (χ0v) is 5.76. The molecule has 0 bridgehead atoms. The summed E-state index contributed by atoms with van der Waals surface area (Å²) in [7, 11) is 1.74. The van der Waals surface area contributed by atoms with Crippen LogP contribution in [0.4, 0.5) is 0 Å². The Morgan fingerprint density at radius 2 is 2.00 bits per heavy atom. The number of rotatable bonds is 2. The van der Waals surface area contributed by atoms with E-state index in [0.29, 0.717) is 5.92 Å². The molecule has 0 aliphatic carbocycles. The minimum absolute atomic E-state index is 0.125. The highest BCUT2D eigenvalue weighted by Gasteiger charge is 2.00. The molecule has 0 heterocycles. The summed E-state index contributed by atoms with van der Waals surface area (Å²) in [6.07, 6.45) is 1.77. The van der Waals surface area contributed by atoms with Gasteiger partial charge in [-0.05, 0) is 5.92 Å². The Bertz CT molecular complexity index is 76.6. The summed E-state index contributed by atoms with van der Waals surface area (Å²) in [5.74, 6) is 0.499. The van der Waals surface area contributed by atoms with Crippen molar-refractivity contribution in [3.8, 4) is 0 Å². The first-order chi connectivity index (χ1) is 3.68. The minimum atomic E-state index is 0.125. The second-order valence-corrected chi connectivity index (χ2v) is 2.23. The first-order valence-electron chi connectivity index (χ1n) is 2.86. The van der Waals surface area contributed by atoms with Crippen LogP contribution < -0.4 is 5.73 Å². The van der Waals surface area contributed by atoms with Gasteiger partial charge in [0, 0.05) is 19.3 Å². The summed E-state index contributed by atoms with van der Waals surface area (Å²) >= 11 is 0. The predicted molar refractivity (Wildman–Crippen MR) is 37.2 cm³/mol. The van der Waals surface area contributed by atoms with Crippen LogP contribution in [0.15, 0.2) is 4.99 Å². The maximum atomic E-state index is 5.58. The summed E-state index contributed by atoms with van der Waals surface area (Å²) in [5, 5.41) is 0. The molecule has 0 aromatic heterocycles. The van der Waals surface area contributed by atoms with E-state index in [1.54, 1.807) is 13.3 Å². The SMILES string of the molecule is CN=CC(N)C(C)C. The van der Waals surface area contributed by atoms with Gasteiger partial charge < -0.3 is 5.73 Å². The Balaban J connectivity index is 3.47. The van der Waals surface area contributed by atoms with Crippen LogP contribution in [0.2, 0.25) is 0 Å².